The maximum Gasteiger partial charge on any atom is 0.256 e. The summed E-state index contributed by atoms with van der Waals surface area (Å²) in [6, 6.07) is 9.45. The minimum atomic E-state index is -0.347. The second-order valence-electron chi connectivity index (χ2n) is 5.91. The van der Waals surface area contributed by atoms with Gasteiger partial charge in [0.2, 0.25) is 0 Å². The molecule has 1 amide bonds. The standard InChI is InChI=1S/C17H23NO2/c1-5-11-17(4)15(13(2)3)18(12-20-17)16(19)14-9-7-6-8-10-14/h5-10,13,15H,1,11-12H2,2-4H3/t15-,17-/m0/s1. The van der Waals surface area contributed by atoms with E-state index < -0.39 is 0 Å². The first-order chi connectivity index (χ1) is 9.49. The Kier molecular flexibility index (Phi) is 4.29. The van der Waals surface area contributed by atoms with Crippen molar-refractivity contribution in [3.63, 3.8) is 0 Å². The largest absolute Gasteiger partial charge is 0.352 e. The zero-order chi connectivity index (χ0) is 14.8. The van der Waals surface area contributed by atoms with Crippen LogP contribution in [0.4, 0.5) is 0 Å². The Bertz CT molecular complexity index is 483. The molecule has 0 aliphatic carbocycles. The molecule has 3 heteroatoms. The van der Waals surface area contributed by atoms with Crippen molar-refractivity contribution in [1.29, 1.82) is 0 Å². The zero-order valence-electron chi connectivity index (χ0n) is 12.5. The highest BCUT2D eigenvalue weighted by Crippen LogP contribution is 2.36. The second-order valence-corrected chi connectivity index (χ2v) is 5.91. The highest BCUT2D eigenvalue weighted by Gasteiger charge is 2.47. The summed E-state index contributed by atoms with van der Waals surface area (Å²) >= 11 is 0. The summed E-state index contributed by atoms with van der Waals surface area (Å²) in [4.78, 5) is 14.5. The second kappa shape index (κ2) is 5.80. The van der Waals surface area contributed by atoms with Crippen LogP contribution in [0.2, 0.25) is 0 Å². The Morgan fingerprint density at radius 2 is 2.15 bits per heavy atom. The number of nitrogens with zero attached hydrogens (tertiary/aromatic N) is 1. The molecular formula is C17H23NO2. The molecule has 0 unspecified atom stereocenters. The average molecular weight is 273 g/mol. The van der Waals surface area contributed by atoms with Gasteiger partial charge in [0.05, 0.1) is 11.6 Å². The smallest absolute Gasteiger partial charge is 0.256 e. The number of benzene rings is 1. The highest BCUT2D eigenvalue weighted by molar-refractivity contribution is 5.94. The first kappa shape index (κ1) is 14.8. The lowest BCUT2D eigenvalue weighted by atomic mass is 9.84. The Balaban J connectivity index is 2.28. The van der Waals surface area contributed by atoms with Crippen LogP contribution >= 0.6 is 0 Å². The van der Waals surface area contributed by atoms with Gasteiger partial charge in [-0.15, -0.1) is 6.58 Å². The molecule has 20 heavy (non-hydrogen) atoms. The van der Waals surface area contributed by atoms with E-state index in [9.17, 15) is 4.79 Å². The van der Waals surface area contributed by atoms with Gasteiger partial charge in [0, 0.05) is 5.56 Å². The summed E-state index contributed by atoms with van der Waals surface area (Å²) < 4.78 is 5.94. The maximum atomic E-state index is 12.7. The summed E-state index contributed by atoms with van der Waals surface area (Å²) in [7, 11) is 0. The van der Waals surface area contributed by atoms with Gasteiger partial charge in [-0.2, -0.15) is 0 Å². The van der Waals surface area contributed by atoms with E-state index in [4.69, 9.17) is 4.74 Å². The van der Waals surface area contributed by atoms with Crippen molar-refractivity contribution in [3.05, 3.63) is 48.6 Å². The molecule has 1 heterocycles. The number of carbonyl (C=O) groups excluding carboxylic acids is 1. The van der Waals surface area contributed by atoms with E-state index >= 15 is 0 Å². The molecule has 0 spiro atoms. The lowest BCUT2D eigenvalue weighted by molar-refractivity contribution is 0.00576. The van der Waals surface area contributed by atoms with E-state index in [1.807, 2.05) is 41.3 Å². The highest BCUT2D eigenvalue weighted by atomic mass is 16.5. The molecule has 2 atom stereocenters. The molecular weight excluding hydrogens is 250 g/mol. The van der Waals surface area contributed by atoms with Crippen LogP contribution in [0.25, 0.3) is 0 Å². The third-order valence-electron chi connectivity index (χ3n) is 3.96. The number of hydrogen-bond donors (Lipinski definition) is 0. The average Bonchev–Trinajstić information content (AvgIpc) is 2.77. The van der Waals surface area contributed by atoms with Gasteiger partial charge in [-0.05, 0) is 31.4 Å². The van der Waals surface area contributed by atoms with Crippen LogP contribution in [0.15, 0.2) is 43.0 Å². The lowest BCUT2D eigenvalue weighted by Gasteiger charge is -2.35. The van der Waals surface area contributed by atoms with Gasteiger partial charge in [0.25, 0.3) is 5.91 Å². The number of carbonyl (C=O) groups is 1. The molecule has 1 aliphatic heterocycles. The van der Waals surface area contributed by atoms with Gasteiger partial charge in [-0.25, -0.2) is 0 Å². The quantitative estimate of drug-likeness (QED) is 0.786. The monoisotopic (exact) mass is 273 g/mol. The van der Waals surface area contributed by atoms with E-state index in [1.54, 1.807) is 0 Å². The molecule has 2 rings (SSSR count). The lowest BCUT2D eigenvalue weighted by Crippen LogP contribution is -2.48. The van der Waals surface area contributed by atoms with E-state index in [1.165, 1.54) is 0 Å². The fourth-order valence-corrected chi connectivity index (χ4v) is 3.18. The van der Waals surface area contributed by atoms with Crippen LogP contribution in [-0.2, 0) is 4.74 Å². The molecule has 1 aromatic rings. The Labute approximate surface area is 121 Å². The van der Waals surface area contributed by atoms with Crippen molar-refractivity contribution >= 4 is 5.91 Å². The van der Waals surface area contributed by atoms with Gasteiger partial charge >= 0.3 is 0 Å². The minimum Gasteiger partial charge on any atom is -0.352 e. The minimum absolute atomic E-state index is 0.0390. The fraction of sp³-hybridized carbons (Fsp3) is 0.471. The van der Waals surface area contributed by atoms with Crippen LogP contribution in [0.1, 0.15) is 37.6 Å². The van der Waals surface area contributed by atoms with Crippen LogP contribution in [0, 0.1) is 5.92 Å². The first-order valence-corrected chi connectivity index (χ1v) is 7.10. The number of ether oxygens (including phenoxy) is 1. The summed E-state index contributed by atoms with van der Waals surface area (Å²) in [6.07, 6.45) is 2.61. The molecule has 108 valence electrons. The van der Waals surface area contributed by atoms with Crippen LogP contribution in [0.5, 0.6) is 0 Å². The summed E-state index contributed by atoms with van der Waals surface area (Å²) in [5.41, 5.74) is 0.366. The Morgan fingerprint density at radius 1 is 1.50 bits per heavy atom. The molecule has 1 fully saturated rings. The number of amides is 1. The molecule has 0 N–H and O–H groups in total. The van der Waals surface area contributed by atoms with E-state index in [-0.39, 0.29) is 17.6 Å². The van der Waals surface area contributed by atoms with Gasteiger partial charge in [0.1, 0.15) is 6.73 Å². The molecule has 0 saturated carbocycles. The van der Waals surface area contributed by atoms with Crippen molar-refractivity contribution in [3.8, 4) is 0 Å². The van der Waals surface area contributed by atoms with Gasteiger partial charge in [-0.1, -0.05) is 38.1 Å². The number of rotatable bonds is 4. The summed E-state index contributed by atoms with van der Waals surface area (Å²) in [6.45, 7) is 10.5. The van der Waals surface area contributed by atoms with Gasteiger partial charge < -0.3 is 9.64 Å². The topological polar surface area (TPSA) is 29.5 Å². The normalized spacial score (nSPS) is 26.0. The molecule has 3 nitrogen and oxygen atoms in total. The van der Waals surface area contributed by atoms with E-state index in [0.29, 0.717) is 18.2 Å². The van der Waals surface area contributed by atoms with Gasteiger partial charge in [0.15, 0.2) is 0 Å². The molecule has 0 radical (unpaired) electrons. The first-order valence-electron chi connectivity index (χ1n) is 7.10. The van der Waals surface area contributed by atoms with Crippen LogP contribution < -0.4 is 0 Å². The van der Waals surface area contributed by atoms with Crippen LogP contribution in [0.3, 0.4) is 0 Å². The van der Waals surface area contributed by atoms with Crippen molar-refractivity contribution in [2.24, 2.45) is 5.92 Å². The van der Waals surface area contributed by atoms with Crippen molar-refractivity contribution in [2.45, 2.75) is 38.8 Å². The number of hydrogen-bond acceptors (Lipinski definition) is 2. The van der Waals surface area contributed by atoms with Crippen LogP contribution in [-0.4, -0.2) is 29.2 Å². The molecule has 1 aromatic carbocycles. The zero-order valence-corrected chi connectivity index (χ0v) is 12.5. The predicted octanol–water partition coefficient (Wildman–Crippen LogP) is 3.48. The third-order valence-corrected chi connectivity index (χ3v) is 3.96. The Hall–Kier alpha value is -1.61. The molecule has 1 saturated heterocycles. The van der Waals surface area contributed by atoms with E-state index in [0.717, 1.165) is 6.42 Å². The van der Waals surface area contributed by atoms with Crippen molar-refractivity contribution in [2.75, 3.05) is 6.73 Å². The predicted molar refractivity (Wildman–Crippen MR) is 80.4 cm³/mol. The molecule has 1 aliphatic rings. The SMILES string of the molecule is C=CC[C@]1(C)OCN(C(=O)c2ccccc2)[C@H]1C(C)C. The Morgan fingerprint density at radius 3 is 2.70 bits per heavy atom. The van der Waals surface area contributed by atoms with Gasteiger partial charge in [-0.3, -0.25) is 4.79 Å². The van der Waals surface area contributed by atoms with Crippen molar-refractivity contribution < 1.29 is 9.53 Å². The molecule has 0 aromatic heterocycles. The maximum absolute atomic E-state index is 12.7. The summed E-state index contributed by atoms with van der Waals surface area (Å²) in [5.74, 6) is 0.368. The fourth-order valence-electron chi connectivity index (χ4n) is 3.18. The third kappa shape index (κ3) is 2.63. The molecule has 0 bridgehead atoms. The van der Waals surface area contributed by atoms with E-state index in [2.05, 4.69) is 27.4 Å². The summed E-state index contributed by atoms with van der Waals surface area (Å²) in [5, 5.41) is 0. The van der Waals surface area contributed by atoms with Crippen molar-refractivity contribution in [1.82, 2.24) is 4.90 Å².